The topological polar surface area (TPSA) is 20.3 Å². The highest BCUT2D eigenvalue weighted by Crippen LogP contribution is 2.38. The van der Waals surface area contributed by atoms with Gasteiger partial charge in [-0.2, -0.15) is 0 Å². The molecule has 2 aliphatic rings. The molecule has 0 aromatic rings. The van der Waals surface area contributed by atoms with E-state index in [2.05, 4.69) is 11.9 Å². The molecule has 0 atom stereocenters. The summed E-state index contributed by atoms with van der Waals surface area (Å²) in [6.45, 7) is 2.38. The van der Waals surface area contributed by atoms with Crippen LogP contribution in [-0.2, 0) is 10.8 Å². The Hall–Kier alpha value is 0.110. The highest BCUT2D eigenvalue weighted by Gasteiger charge is 2.46. The van der Waals surface area contributed by atoms with Crippen LogP contribution >= 0.6 is 0 Å². The van der Waals surface area contributed by atoms with Crippen LogP contribution in [0, 0.1) is 5.41 Å². The van der Waals surface area contributed by atoms with Gasteiger partial charge in [0, 0.05) is 34.3 Å². The lowest BCUT2D eigenvalue weighted by Gasteiger charge is -2.36. The molecule has 0 radical (unpaired) electrons. The Labute approximate surface area is 64.1 Å². The number of rotatable bonds is 0. The third-order valence-electron chi connectivity index (χ3n) is 2.56. The van der Waals surface area contributed by atoms with Crippen molar-refractivity contribution in [1.82, 2.24) is 4.90 Å². The summed E-state index contributed by atoms with van der Waals surface area (Å²) in [5.41, 5.74) is 0.486. The normalized spacial score (nSPS) is 47.9. The van der Waals surface area contributed by atoms with E-state index in [1.54, 1.807) is 0 Å². The Morgan fingerprint density at radius 3 is 2.60 bits per heavy atom. The van der Waals surface area contributed by atoms with Gasteiger partial charge in [-0.25, -0.2) is 0 Å². The van der Waals surface area contributed by atoms with Gasteiger partial charge in [-0.3, -0.25) is 4.21 Å². The van der Waals surface area contributed by atoms with Crippen molar-refractivity contribution in [1.29, 1.82) is 0 Å². The molecule has 2 heterocycles. The molecule has 2 nitrogen and oxygen atoms in total. The summed E-state index contributed by atoms with van der Waals surface area (Å²) < 4.78 is 10.9. The number of hydrogen-bond acceptors (Lipinski definition) is 2. The molecule has 0 unspecified atom stereocenters. The zero-order chi connectivity index (χ0) is 7.19. The first-order valence-electron chi connectivity index (χ1n) is 3.74. The van der Waals surface area contributed by atoms with E-state index in [4.69, 9.17) is 0 Å². The molecule has 3 heteroatoms. The van der Waals surface area contributed by atoms with Crippen LogP contribution in [0.15, 0.2) is 0 Å². The van der Waals surface area contributed by atoms with Gasteiger partial charge in [0.2, 0.25) is 0 Å². The molecule has 2 saturated heterocycles. The maximum Gasteiger partial charge on any atom is 0.0313 e. The van der Waals surface area contributed by atoms with E-state index >= 15 is 0 Å². The Morgan fingerprint density at radius 1 is 1.50 bits per heavy atom. The van der Waals surface area contributed by atoms with E-state index in [0.717, 1.165) is 11.5 Å². The van der Waals surface area contributed by atoms with Gasteiger partial charge in [-0.05, 0) is 20.0 Å². The first-order chi connectivity index (χ1) is 4.70. The van der Waals surface area contributed by atoms with Crippen molar-refractivity contribution in [2.24, 2.45) is 5.41 Å². The minimum atomic E-state index is -0.463. The first kappa shape index (κ1) is 6.80. The largest absolute Gasteiger partial charge is 0.306 e. The van der Waals surface area contributed by atoms with Crippen molar-refractivity contribution in [3.05, 3.63) is 0 Å². The Balaban J connectivity index is 2.01. The predicted octanol–water partition coefficient (Wildman–Crippen LogP) is 0.0706. The van der Waals surface area contributed by atoms with Gasteiger partial charge in [0.05, 0.1) is 0 Å². The lowest BCUT2D eigenvalue weighted by molar-refractivity contribution is 0.326. The Kier molecular flexibility index (Phi) is 1.39. The van der Waals surface area contributed by atoms with Crippen molar-refractivity contribution < 1.29 is 4.21 Å². The number of nitrogens with zero attached hydrogens (tertiary/aromatic N) is 1. The van der Waals surface area contributed by atoms with Gasteiger partial charge < -0.3 is 4.90 Å². The van der Waals surface area contributed by atoms with Crippen molar-refractivity contribution >= 4 is 10.8 Å². The standard InChI is InChI=1S/C7H13NOS/c1-8-3-2-7(4-8)5-10(9)6-7/h2-6H2,1H3. The summed E-state index contributed by atoms with van der Waals surface area (Å²) in [6, 6.07) is 0. The average molecular weight is 159 g/mol. The average Bonchev–Trinajstić information content (AvgIpc) is 2.10. The van der Waals surface area contributed by atoms with Crippen LogP contribution in [0.5, 0.6) is 0 Å². The summed E-state index contributed by atoms with van der Waals surface area (Å²) >= 11 is 0. The Morgan fingerprint density at radius 2 is 2.20 bits per heavy atom. The van der Waals surface area contributed by atoms with Gasteiger partial charge >= 0.3 is 0 Å². The molecule has 2 aliphatic heterocycles. The molecule has 58 valence electrons. The van der Waals surface area contributed by atoms with Crippen LogP contribution < -0.4 is 0 Å². The lowest BCUT2D eigenvalue weighted by atomic mass is 9.91. The summed E-state index contributed by atoms with van der Waals surface area (Å²) in [6.07, 6.45) is 1.27. The van der Waals surface area contributed by atoms with E-state index in [0.29, 0.717) is 5.41 Å². The molecular formula is C7H13NOS. The van der Waals surface area contributed by atoms with Crippen LogP contribution in [-0.4, -0.2) is 40.8 Å². The molecule has 2 fully saturated rings. The maximum atomic E-state index is 10.9. The van der Waals surface area contributed by atoms with E-state index < -0.39 is 10.8 Å². The molecular weight excluding hydrogens is 146 g/mol. The van der Waals surface area contributed by atoms with Crippen molar-refractivity contribution in [2.45, 2.75) is 6.42 Å². The number of likely N-dealkylation sites (tertiary alicyclic amines) is 1. The molecule has 0 amide bonds. The van der Waals surface area contributed by atoms with Crippen LogP contribution in [0.4, 0.5) is 0 Å². The third-order valence-corrected chi connectivity index (χ3v) is 4.43. The van der Waals surface area contributed by atoms with Gasteiger partial charge in [-0.15, -0.1) is 0 Å². The Bertz CT molecular complexity index is 172. The van der Waals surface area contributed by atoms with Gasteiger partial charge in [-0.1, -0.05) is 0 Å². The predicted molar refractivity (Wildman–Crippen MR) is 42.4 cm³/mol. The third kappa shape index (κ3) is 0.920. The second-order valence-electron chi connectivity index (χ2n) is 3.72. The van der Waals surface area contributed by atoms with E-state index in [1.165, 1.54) is 19.5 Å². The summed E-state index contributed by atoms with van der Waals surface area (Å²) in [5.74, 6) is 1.94. The summed E-state index contributed by atoms with van der Waals surface area (Å²) in [7, 11) is 1.69. The van der Waals surface area contributed by atoms with Crippen molar-refractivity contribution in [2.75, 3.05) is 31.6 Å². The smallest absolute Gasteiger partial charge is 0.0313 e. The first-order valence-corrected chi connectivity index (χ1v) is 5.23. The van der Waals surface area contributed by atoms with E-state index in [-0.39, 0.29) is 0 Å². The second kappa shape index (κ2) is 2.05. The molecule has 0 aliphatic carbocycles. The quantitative estimate of drug-likeness (QED) is 0.498. The zero-order valence-corrected chi connectivity index (χ0v) is 7.12. The fourth-order valence-electron chi connectivity index (χ4n) is 2.04. The maximum absolute atomic E-state index is 10.9. The fourth-order valence-corrected chi connectivity index (χ4v) is 3.79. The summed E-state index contributed by atoms with van der Waals surface area (Å²) in [5, 5.41) is 0. The SMILES string of the molecule is CN1CCC2(C1)CS(=O)C2. The van der Waals surface area contributed by atoms with Crippen LogP contribution in [0.2, 0.25) is 0 Å². The van der Waals surface area contributed by atoms with Crippen molar-refractivity contribution in [3.63, 3.8) is 0 Å². The molecule has 0 bridgehead atoms. The van der Waals surface area contributed by atoms with Crippen LogP contribution in [0.1, 0.15) is 6.42 Å². The molecule has 1 spiro atoms. The van der Waals surface area contributed by atoms with Crippen LogP contribution in [0.25, 0.3) is 0 Å². The molecule has 0 N–H and O–H groups in total. The minimum absolute atomic E-state index is 0.463. The van der Waals surface area contributed by atoms with Crippen molar-refractivity contribution in [3.8, 4) is 0 Å². The molecule has 0 aromatic heterocycles. The molecule has 10 heavy (non-hydrogen) atoms. The molecule has 0 saturated carbocycles. The van der Waals surface area contributed by atoms with E-state index in [9.17, 15) is 4.21 Å². The van der Waals surface area contributed by atoms with Gasteiger partial charge in [0.15, 0.2) is 0 Å². The fraction of sp³-hybridized carbons (Fsp3) is 1.00. The summed E-state index contributed by atoms with van der Waals surface area (Å²) in [4.78, 5) is 2.34. The highest BCUT2D eigenvalue weighted by molar-refractivity contribution is 7.86. The second-order valence-corrected chi connectivity index (χ2v) is 5.17. The number of hydrogen-bond donors (Lipinski definition) is 0. The zero-order valence-electron chi connectivity index (χ0n) is 6.30. The minimum Gasteiger partial charge on any atom is -0.306 e. The van der Waals surface area contributed by atoms with Gasteiger partial charge in [0.1, 0.15) is 0 Å². The lowest BCUT2D eigenvalue weighted by Crippen LogP contribution is -2.46. The van der Waals surface area contributed by atoms with E-state index in [1.807, 2.05) is 0 Å². The van der Waals surface area contributed by atoms with Crippen LogP contribution in [0.3, 0.4) is 0 Å². The molecule has 2 rings (SSSR count). The monoisotopic (exact) mass is 159 g/mol. The molecule has 0 aromatic carbocycles. The van der Waals surface area contributed by atoms with Gasteiger partial charge in [0.25, 0.3) is 0 Å². The highest BCUT2D eigenvalue weighted by atomic mass is 32.2.